The molecule has 0 radical (unpaired) electrons. The molecule has 1 amide bonds. The predicted octanol–water partition coefficient (Wildman–Crippen LogP) is 1.55. The molecular formula is C15H28N2O2. The van der Waals surface area contributed by atoms with Gasteiger partial charge < -0.3 is 15.4 Å². The molecule has 5 unspecified atom stereocenters. The quantitative estimate of drug-likeness (QED) is 0.795. The number of rotatable bonds is 5. The fourth-order valence-electron chi connectivity index (χ4n) is 3.20. The van der Waals surface area contributed by atoms with Crippen LogP contribution in [0.1, 0.15) is 40.0 Å². The maximum atomic E-state index is 12.4. The lowest BCUT2D eigenvalue weighted by atomic mass is 9.96. The molecule has 0 bridgehead atoms. The van der Waals surface area contributed by atoms with Crippen molar-refractivity contribution in [3.05, 3.63) is 0 Å². The largest absolute Gasteiger partial charge is 0.379 e. The molecule has 0 spiro atoms. The second-order valence-electron chi connectivity index (χ2n) is 6.23. The molecule has 0 aromatic rings. The smallest absolute Gasteiger partial charge is 0.227 e. The summed E-state index contributed by atoms with van der Waals surface area (Å²) in [5.74, 6) is 1.47. The molecular weight excluding hydrogens is 240 g/mol. The van der Waals surface area contributed by atoms with Gasteiger partial charge >= 0.3 is 0 Å². The Bertz CT molecular complexity index is 309. The summed E-state index contributed by atoms with van der Waals surface area (Å²) in [5.41, 5.74) is 0. The van der Waals surface area contributed by atoms with Gasteiger partial charge in [-0.15, -0.1) is 0 Å². The zero-order valence-electron chi connectivity index (χ0n) is 12.4. The molecule has 0 aromatic heterocycles. The fraction of sp³-hybridized carbons (Fsp3) is 0.933. The zero-order chi connectivity index (χ0) is 13.8. The van der Waals surface area contributed by atoms with Gasteiger partial charge in [0.2, 0.25) is 5.91 Å². The van der Waals surface area contributed by atoms with Crippen molar-refractivity contribution in [3.63, 3.8) is 0 Å². The molecule has 0 aromatic carbocycles. The van der Waals surface area contributed by atoms with E-state index in [1.807, 2.05) is 0 Å². The van der Waals surface area contributed by atoms with Gasteiger partial charge in [0.15, 0.2) is 0 Å². The first-order valence-electron chi connectivity index (χ1n) is 7.75. The highest BCUT2D eigenvalue weighted by Crippen LogP contribution is 2.31. The molecule has 4 nitrogen and oxygen atoms in total. The van der Waals surface area contributed by atoms with E-state index in [1.165, 1.54) is 6.42 Å². The molecule has 1 saturated heterocycles. The third kappa shape index (κ3) is 3.48. The minimum atomic E-state index is -0.0188. The number of ether oxygens (including phenoxy) is 1. The fourth-order valence-corrected chi connectivity index (χ4v) is 3.20. The maximum absolute atomic E-state index is 12.4. The molecule has 4 heteroatoms. The van der Waals surface area contributed by atoms with Crippen molar-refractivity contribution in [2.24, 2.45) is 17.8 Å². The average Bonchev–Trinajstić information content (AvgIpc) is 2.98. The Hall–Kier alpha value is -0.610. The molecule has 2 aliphatic rings. The third-order valence-corrected chi connectivity index (χ3v) is 4.87. The van der Waals surface area contributed by atoms with E-state index in [0.717, 1.165) is 25.3 Å². The topological polar surface area (TPSA) is 50.4 Å². The molecule has 1 heterocycles. The number of hydrogen-bond donors (Lipinski definition) is 2. The Kier molecular flexibility index (Phi) is 5.22. The number of carbonyl (C=O) groups is 1. The lowest BCUT2D eigenvalue weighted by molar-refractivity contribution is -0.126. The van der Waals surface area contributed by atoms with Crippen molar-refractivity contribution >= 4 is 5.91 Å². The van der Waals surface area contributed by atoms with E-state index in [2.05, 4.69) is 31.4 Å². The van der Waals surface area contributed by atoms with Gasteiger partial charge in [0.25, 0.3) is 0 Å². The van der Waals surface area contributed by atoms with E-state index in [9.17, 15) is 4.79 Å². The highest BCUT2D eigenvalue weighted by molar-refractivity contribution is 5.80. The summed E-state index contributed by atoms with van der Waals surface area (Å²) in [6.07, 6.45) is 3.43. The Morgan fingerprint density at radius 3 is 2.63 bits per heavy atom. The summed E-state index contributed by atoms with van der Waals surface area (Å²) in [7, 11) is 0. The van der Waals surface area contributed by atoms with Crippen LogP contribution >= 0.6 is 0 Å². The number of hydrogen-bond acceptors (Lipinski definition) is 3. The predicted molar refractivity (Wildman–Crippen MR) is 75.9 cm³/mol. The lowest BCUT2D eigenvalue weighted by Gasteiger charge is -2.24. The highest BCUT2D eigenvalue weighted by atomic mass is 16.5. The summed E-state index contributed by atoms with van der Waals surface area (Å²) < 4.78 is 5.48. The highest BCUT2D eigenvalue weighted by Gasteiger charge is 2.37. The number of amides is 1. The molecule has 1 aliphatic carbocycles. The Morgan fingerprint density at radius 1 is 1.21 bits per heavy atom. The molecule has 5 atom stereocenters. The summed E-state index contributed by atoms with van der Waals surface area (Å²) in [4.78, 5) is 12.4. The molecule has 2 rings (SSSR count). The second-order valence-corrected chi connectivity index (χ2v) is 6.23. The van der Waals surface area contributed by atoms with Gasteiger partial charge in [-0.3, -0.25) is 4.79 Å². The first kappa shape index (κ1) is 14.8. The Balaban J connectivity index is 1.85. The molecule has 1 saturated carbocycles. The van der Waals surface area contributed by atoms with E-state index < -0.39 is 0 Å². The minimum absolute atomic E-state index is 0.0188. The van der Waals surface area contributed by atoms with Gasteiger partial charge in [-0.25, -0.2) is 0 Å². The summed E-state index contributed by atoms with van der Waals surface area (Å²) >= 11 is 0. The van der Waals surface area contributed by atoms with Crippen molar-refractivity contribution in [2.45, 2.75) is 52.1 Å². The first-order chi connectivity index (χ1) is 9.13. The first-order valence-corrected chi connectivity index (χ1v) is 7.75. The molecule has 110 valence electrons. The Morgan fingerprint density at radius 2 is 2.00 bits per heavy atom. The number of nitrogens with one attached hydrogen (secondary N) is 2. The normalized spacial score (nSPS) is 38.6. The van der Waals surface area contributed by atoms with E-state index in [1.54, 1.807) is 0 Å². The van der Waals surface area contributed by atoms with Crippen LogP contribution in [0, 0.1) is 17.8 Å². The monoisotopic (exact) mass is 268 g/mol. The van der Waals surface area contributed by atoms with Gasteiger partial charge in [0, 0.05) is 12.1 Å². The van der Waals surface area contributed by atoms with Crippen LogP contribution < -0.4 is 10.6 Å². The molecule has 2 N–H and O–H groups in total. The molecule has 1 aliphatic heterocycles. The molecule has 2 fully saturated rings. The summed E-state index contributed by atoms with van der Waals surface area (Å²) in [5, 5.41) is 6.67. The zero-order valence-corrected chi connectivity index (χ0v) is 12.4. The SMILES string of the molecule is CCCNC1COCC1C(=O)NC1CCC(C)C1C. The van der Waals surface area contributed by atoms with Crippen molar-refractivity contribution in [1.29, 1.82) is 0 Å². The second kappa shape index (κ2) is 6.71. The van der Waals surface area contributed by atoms with Crippen LogP contribution in [0.25, 0.3) is 0 Å². The van der Waals surface area contributed by atoms with Crippen molar-refractivity contribution in [3.8, 4) is 0 Å². The lowest BCUT2D eigenvalue weighted by Crippen LogP contribution is -2.47. The van der Waals surface area contributed by atoms with E-state index in [0.29, 0.717) is 25.2 Å². The van der Waals surface area contributed by atoms with Gasteiger partial charge in [-0.1, -0.05) is 20.8 Å². The maximum Gasteiger partial charge on any atom is 0.227 e. The van der Waals surface area contributed by atoms with Crippen LogP contribution in [0.5, 0.6) is 0 Å². The minimum Gasteiger partial charge on any atom is -0.379 e. The van der Waals surface area contributed by atoms with Crippen LogP contribution in [0.4, 0.5) is 0 Å². The van der Waals surface area contributed by atoms with Crippen molar-refractivity contribution in [2.75, 3.05) is 19.8 Å². The van der Waals surface area contributed by atoms with Crippen LogP contribution in [0.15, 0.2) is 0 Å². The van der Waals surface area contributed by atoms with E-state index in [-0.39, 0.29) is 17.9 Å². The van der Waals surface area contributed by atoms with Crippen LogP contribution in [-0.2, 0) is 9.53 Å². The van der Waals surface area contributed by atoms with Gasteiger partial charge in [-0.2, -0.15) is 0 Å². The van der Waals surface area contributed by atoms with Crippen molar-refractivity contribution in [1.82, 2.24) is 10.6 Å². The third-order valence-electron chi connectivity index (χ3n) is 4.87. The number of carbonyl (C=O) groups excluding carboxylic acids is 1. The van der Waals surface area contributed by atoms with Gasteiger partial charge in [0.1, 0.15) is 0 Å². The standard InChI is InChI=1S/C15H28N2O2/c1-4-7-16-14-9-19-8-12(14)15(18)17-13-6-5-10(2)11(13)3/h10-14,16H,4-9H2,1-3H3,(H,17,18). The van der Waals surface area contributed by atoms with E-state index in [4.69, 9.17) is 4.74 Å². The molecule has 19 heavy (non-hydrogen) atoms. The van der Waals surface area contributed by atoms with Gasteiger partial charge in [-0.05, 0) is 37.6 Å². The summed E-state index contributed by atoms with van der Waals surface area (Å²) in [6, 6.07) is 0.545. The van der Waals surface area contributed by atoms with Crippen LogP contribution in [0.2, 0.25) is 0 Å². The van der Waals surface area contributed by atoms with E-state index >= 15 is 0 Å². The van der Waals surface area contributed by atoms with Crippen LogP contribution in [0.3, 0.4) is 0 Å². The van der Waals surface area contributed by atoms with Crippen LogP contribution in [-0.4, -0.2) is 37.7 Å². The average molecular weight is 268 g/mol. The Labute approximate surface area is 116 Å². The van der Waals surface area contributed by atoms with Crippen molar-refractivity contribution < 1.29 is 9.53 Å². The summed E-state index contributed by atoms with van der Waals surface area (Å²) in [6.45, 7) is 8.84. The van der Waals surface area contributed by atoms with Gasteiger partial charge in [0.05, 0.1) is 19.1 Å².